The van der Waals surface area contributed by atoms with Crippen LogP contribution in [0.3, 0.4) is 0 Å². The van der Waals surface area contributed by atoms with E-state index in [1.54, 1.807) is 19.2 Å². The van der Waals surface area contributed by atoms with E-state index in [2.05, 4.69) is 0 Å². The Hall–Kier alpha value is -1.11. The molecule has 1 rings (SSSR count). The lowest BCUT2D eigenvalue weighted by atomic mass is 10.0. The summed E-state index contributed by atoms with van der Waals surface area (Å²) in [4.78, 5) is 0.118. The van der Waals surface area contributed by atoms with Crippen molar-refractivity contribution in [1.82, 2.24) is 0 Å². The zero-order chi connectivity index (χ0) is 15.2. The third kappa shape index (κ3) is 5.11. The van der Waals surface area contributed by atoms with Crippen LogP contribution in [0, 0.1) is 0 Å². The van der Waals surface area contributed by atoms with Gasteiger partial charge >= 0.3 is 0 Å². The molecule has 0 radical (unpaired) electrons. The Kier molecular flexibility index (Phi) is 6.45. The second-order valence-corrected chi connectivity index (χ2v) is 6.51. The number of primary sulfonamides is 1. The van der Waals surface area contributed by atoms with Crippen LogP contribution in [0.2, 0.25) is 0 Å². The largest absolute Gasteiger partial charge is 0.493 e. The Labute approximate surface area is 121 Å². The molecule has 0 aliphatic heterocycles. The molecule has 5 nitrogen and oxygen atoms in total. The molecule has 0 atom stereocenters. The summed E-state index contributed by atoms with van der Waals surface area (Å²) in [6.07, 6.45) is 1.82. The van der Waals surface area contributed by atoms with E-state index in [1.807, 2.05) is 13.8 Å². The molecule has 0 unspecified atom stereocenters. The van der Waals surface area contributed by atoms with Crippen molar-refractivity contribution in [2.45, 2.75) is 37.5 Å². The molecule has 114 valence electrons. The molecular weight excluding hydrogens is 278 g/mol. The predicted molar refractivity (Wildman–Crippen MR) is 78.5 cm³/mol. The van der Waals surface area contributed by atoms with Crippen LogP contribution in [0.25, 0.3) is 0 Å². The average molecular weight is 301 g/mol. The molecule has 1 aromatic carbocycles. The summed E-state index contributed by atoms with van der Waals surface area (Å²) in [6.45, 7) is 5.27. The number of unbranched alkanes of at least 4 members (excludes halogenated alkanes) is 1. The van der Waals surface area contributed by atoms with Crippen LogP contribution >= 0.6 is 0 Å². The maximum absolute atomic E-state index is 11.4. The summed E-state index contributed by atoms with van der Waals surface area (Å²) >= 11 is 0. The van der Waals surface area contributed by atoms with Crippen LogP contribution in [-0.2, 0) is 14.8 Å². The number of sulfonamides is 1. The Morgan fingerprint density at radius 2 is 1.85 bits per heavy atom. The van der Waals surface area contributed by atoms with E-state index >= 15 is 0 Å². The van der Waals surface area contributed by atoms with Gasteiger partial charge in [-0.15, -0.1) is 0 Å². The van der Waals surface area contributed by atoms with Crippen LogP contribution in [0.15, 0.2) is 23.1 Å². The first-order valence-corrected chi connectivity index (χ1v) is 8.19. The lowest BCUT2D eigenvalue weighted by molar-refractivity contribution is 0.184. The van der Waals surface area contributed by atoms with Crippen molar-refractivity contribution in [1.29, 1.82) is 0 Å². The smallest absolute Gasteiger partial charge is 0.238 e. The van der Waals surface area contributed by atoms with E-state index in [0.717, 1.165) is 18.4 Å². The maximum Gasteiger partial charge on any atom is 0.238 e. The number of hydrogen-bond donors (Lipinski definition) is 1. The van der Waals surface area contributed by atoms with Gasteiger partial charge in [-0.3, -0.25) is 0 Å². The molecule has 0 aliphatic rings. The fraction of sp³-hybridized carbons (Fsp3) is 0.571. The van der Waals surface area contributed by atoms with Gasteiger partial charge in [0.05, 0.1) is 11.5 Å². The molecular formula is C14H23NO4S. The molecule has 0 heterocycles. The summed E-state index contributed by atoms with van der Waals surface area (Å²) in [6, 6.07) is 4.74. The highest BCUT2D eigenvalue weighted by Gasteiger charge is 2.14. The van der Waals surface area contributed by atoms with E-state index in [9.17, 15) is 8.42 Å². The second kappa shape index (κ2) is 7.61. The van der Waals surface area contributed by atoms with E-state index < -0.39 is 10.0 Å². The molecule has 0 fully saturated rings. The third-order valence-corrected chi connectivity index (χ3v) is 3.84. The van der Waals surface area contributed by atoms with Crippen molar-refractivity contribution >= 4 is 10.0 Å². The minimum absolute atomic E-state index is 0.118. The lowest BCUT2D eigenvalue weighted by Crippen LogP contribution is -2.13. The van der Waals surface area contributed by atoms with Gasteiger partial charge in [-0.2, -0.15) is 0 Å². The van der Waals surface area contributed by atoms with Crippen LogP contribution in [0.4, 0.5) is 0 Å². The fourth-order valence-electron chi connectivity index (χ4n) is 1.82. The molecule has 2 N–H and O–H groups in total. The van der Waals surface area contributed by atoms with Gasteiger partial charge in [0.25, 0.3) is 0 Å². The first-order valence-electron chi connectivity index (χ1n) is 6.64. The van der Waals surface area contributed by atoms with Crippen molar-refractivity contribution < 1.29 is 17.9 Å². The topological polar surface area (TPSA) is 78.6 Å². The molecule has 0 saturated heterocycles. The highest BCUT2D eigenvalue weighted by Crippen LogP contribution is 2.29. The lowest BCUT2D eigenvalue weighted by Gasteiger charge is -2.15. The standard InChI is InChI=1S/C14H23NO4S/c1-11(2)13-10-12(20(15,16)17)6-7-14(13)19-9-5-4-8-18-3/h6-7,10-11H,4-5,8-9H2,1-3H3,(H2,15,16,17). The SMILES string of the molecule is COCCCCOc1ccc(S(N)(=O)=O)cc1C(C)C. The van der Waals surface area contributed by atoms with Crippen LogP contribution in [0.1, 0.15) is 38.2 Å². The normalized spacial score (nSPS) is 11.8. The van der Waals surface area contributed by atoms with Gasteiger partial charge < -0.3 is 9.47 Å². The molecule has 0 amide bonds. The minimum atomic E-state index is -3.68. The highest BCUT2D eigenvalue weighted by atomic mass is 32.2. The number of hydrogen-bond acceptors (Lipinski definition) is 4. The second-order valence-electron chi connectivity index (χ2n) is 4.95. The first-order chi connectivity index (χ1) is 9.36. The fourth-order valence-corrected chi connectivity index (χ4v) is 2.37. The Bertz CT molecular complexity index is 526. The predicted octanol–water partition coefficient (Wildman–Crippen LogP) is 2.26. The molecule has 0 spiro atoms. The number of nitrogens with two attached hydrogens (primary N) is 1. The third-order valence-electron chi connectivity index (χ3n) is 2.93. The summed E-state index contributed by atoms with van der Waals surface area (Å²) in [5.74, 6) is 0.871. The molecule has 0 saturated carbocycles. The number of benzene rings is 1. The van der Waals surface area contributed by atoms with Crippen LogP contribution in [-0.4, -0.2) is 28.7 Å². The average Bonchev–Trinajstić information content (AvgIpc) is 2.37. The molecule has 1 aromatic rings. The van der Waals surface area contributed by atoms with Gasteiger partial charge in [0, 0.05) is 13.7 Å². The summed E-state index contributed by atoms with van der Waals surface area (Å²) in [5, 5.41) is 5.15. The number of rotatable bonds is 8. The first kappa shape index (κ1) is 16.9. The van der Waals surface area contributed by atoms with Crippen molar-refractivity contribution in [3.05, 3.63) is 23.8 Å². The summed E-state index contributed by atoms with van der Waals surface area (Å²) in [5.41, 5.74) is 0.850. The Morgan fingerprint density at radius 3 is 2.40 bits per heavy atom. The summed E-state index contributed by atoms with van der Waals surface area (Å²) in [7, 11) is -2.01. The Balaban J connectivity index is 2.81. The van der Waals surface area contributed by atoms with Crippen LogP contribution < -0.4 is 9.88 Å². The maximum atomic E-state index is 11.4. The van der Waals surface area contributed by atoms with Gasteiger partial charge in [0.2, 0.25) is 10.0 Å². The molecule has 0 aliphatic carbocycles. The van der Waals surface area contributed by atoms with Gasteiger partial charge in [-0.05, 0) is 42.5 Å². The van der Waals surface area contributed by atoms with Crippen molar-refractivity contribution in [2.75, 3.05) is 20.3 Å². The molecule has 6 heteroatoms. The molecule has 0 bridgehead atoms. The van der Waals surface area contributed by atoms with E-state index in [1.165, 1.54) is 6.07 Å². The van der Waals surface area contributed by atoms with E-state index in [0.29, 0.717) is 19.0 Å². The monoisotopic (exact) mass is 301 g/mol. The quantitative estimate of drug-likeness (QED) is 0.747. The van der Waals surface area contributed by atoms with Crippen LogP contribution in [0.5, 0.6) is 5.75 Å². The highest BCUT2D eigenvalue weighted by molar-refractivity contribution is 7.89. The van der Waals surface area contributed by atoms with Gasteiger partial charge in [0.15, 0.2) is 0 Å². The van der Waals surface area contributed by atoms with Crippen molar-refractivity contribution in [3.63, 3.8) is 0 Å². The van der Waals surface area contributed by atoms with E-state index in [4.69, 9.17) is 14.6 Å². The zero-order valence-electron chi connectivity index (χ0n) is 12.3. The van der Waals surface area contributed by atoms with E-state index in [-0.39, 0.29) is 10.8 Å². The number of ether oxygens (including phenoxy) is 2. The Morgan fingerprint density at radius 1 is 1.20 bits per heavy atom. The molecule has 0 aromatic heterocycles. The van der Waals surface area contributed by atoms with Crippen molar-refractivity contribution in [3.8, 4) is 5.75 Å². The minimum Gasteiger partial charge on any atom is -0.493 e. The van der Waals surface area contributed by atoms with Gasteiger partial charge in [-0.25, -0.2) is 13.6 Å². The summed E-state index contributed by atoms with van der Waals surface area (Å²) < 4.78 is 33.4. The zero-order valence-corrected chi connectivity index (χ0v) is 13.1. The number of methoxy groups -OCH3 is 1. The van der Waals surface area contributed by atoms with Crippen molar-refractivity contribution in [2.24, 2.45) is 5.14 Å². The van der Waals surface area contributed by atoms with Gasteiger partial charge in [0.1, 0.15) is 5.75 Å². The molecule has 20 heavy (non-hydrogen) atoms. The van der Waals surface area contributed by atoms with Gasteiger partial charge in [-0.1, -0.05) is 13.8 Å².